The molecule has 6 nitrogen and oxygen atoms in total. The zero-order valence-electron chi connectivity index (χ0n) is 10.6. The SMILES string of the molecule is Cc1cc(C#N)cc(C)c1OCc1nnsc1NN. The summed E-state index contributed by atoms with van der Waals surface area (Å²) in [6.07, 6.45) is 0. The predicted octanol–water partition coefficient (Wildman–Crippen LogP) is 1.89. The fourth-order valence-electron chi connectivity index (χ4n) is 1.80. The Hall–Kier alpha value is -2.17. The summed E-state index contributed by atoms with van der Waals surface area (Å²) in [5.74, 6) is 6.11. The molecule has 98 valence electrons. The van der Waals surface area contributed by atoms with E-state index < -0.39 is 0 Å². The van der Waals surface area contributed by atoms with Gasteiger partial charge in [-0.25, -0.2) is 5.84 Å². The summed E-state index contributed by atoms with van der Waals surface area (Å²) >= 11 is 1.18. The van der Waals surface area contributed by atoms with Crippen LogP contribution in [0.1, 0.15) is 22.4 Å². The third kappa shape index (κ3) is 2.81. The van der Waals surface area contributed by atoms with Crippen molar-refractivity contribution in [3.05, 3.63) is 34.5 Å². The standard InChI is InChI=1S/C12H13N5OS/c1-7-3-9(5-13)4-8(2)11(7)18-6-10-12(15-14)19-17-16-10/h3-4,15H,6,14H2,1-2H3. The molecule has 3 N–H and O–H groups in total. The van der Waals surface area contributed by atoms with Crippen molar-refractivity contribution in [1.29, 1.82) is 5.26 Å². The van der Waals surface area contributed by atoms with Crippen LogP contribution in [0.15, 0.2) is 12.1 Å². The summed E-state index contributed by atoms with van der Waals surface area (Å²) < 4.78 is 9.56. The first kappa shape index (κ1) is 13.3. The molecule has 2 aromatic rings. The Bertz CT molecular complexity index is 608. The number of hydrogen-bond acceptors (Lipinski definition) is 7. The second-order valence-electron chi connectivity index (χ2n) is 4.03. The number of benzene rings is 1. The molecule has 7 heteroatoms. The van der Waals surface area contributed by atoms with Crippen molar-refractivity contribution in [2.75, 3.05) is 5.43 Å². The van der Waals surface area contributed by atoms with E-state index in [0.29, 0.717) is 16.3 Å². The molecule has 0 amide bonds. The number of nitrogen functional groups attached to an aromatic ring is 1. The van der Waals surface area contributed by atoms with Gasteiger partial charge in [0.2, 0.25) is 0 Å². The van der Waals surface area contributed by atoms with E-state index in [-0.39, 0.29) is 6.61 Å². The molecule has 0 saturated heterocycles. The lowest BCUT2D eigenvalue weighted by atomic mass is 10.1. The molecule has 0 atom stereocenters. The van der Waals surface area contributed by atoms with Crippen LogP contribution in [0.2, 0.25) is 0 Å². The van der Waals surface area contributed by atoms with E-state index in [1.165, 1.54) is 11.5 Å². The van der Waals surface area contributed by atoms with E-state index in [9.17, 15) is 0 Å². The minimum Gasteiger partial charge on any atom is -0.487 e. The Morgan fingerprint density at radius 2 is 2.11 bits per heavy atom. The Morgan fingerprint density at radius 1 is 1.42 bits per heavy atom. The molecule has 1 heterocycles. The van der Waals surface area contributed by atoms with Gasteiger partial charge >= 0.3 is 0 Å². The van der Waals surface area contributed by atoms with E-state index in [4.69, 9.17) is 15.8 Å². The Morgan fingerprint density at radius 3 is 2.68 bits per heavy atom. The second-order valence-corrected chi connectivity index (χ2v) is 4.79. The normalized spacial score (nSPS) is 10.0. The number of rotatable bonds is 4. The summed E-state index contributed by atoms with van der Waals surface area (Å²) in [6.45, 7) is 4.10. The van der Waals surface area contributed by atoms with Gasteiger partial charge in [0, 0.05) is 11.5 Å². The van der Waals surface area contributed by atoms with Crippen molar-refractivity contribution in [3.8, 4) is 11.8 Å². The summed E-state index contributed by atoms with van der Waals surface area (Å²) in [5.41, 5.74) is 5.66. The molecular formula is C12H13N5OS. The molecule has 0 aliphatic heterocycles. The van der Waals surface area contributed by atoms with Crippen LogP contribution in [-0.4, -0.2) is 9.59 Å². The van der Waals surface area contributed by atoms with Gasteiger partial charge in [-0.2, -0.15) is 5.26 Å². The molecule has 19 heavy (non-hydrogen) atoms. The van der Waals surface area contributed by atoms with Crippen molar-refractivity contribution in [3.63, 3.8) is 0 Å². The first-order valence-electron chi connectivity index (χ1n) is 5.57. The van der Waals surface area contributed by atoms with Crippen LogP contribution in [-0.2, 0) is 6.61 Å². The van der Waals surface area contributed by atoms with Crippen molar-refractivity contribution in [2.24, 2.45) is 5.84 Å². The molecule has 2 rings (SSSR count). The van der Waals surface area contributed by atoms with E-state index in [2.05, 4.69) is 21.1 Å². The minimum absolute atomic E-state index is 0.281. The Labute approximate surface area is 115 Å². The maximum Gasteiger partial charge on any atom is 0.150 e. The second kappa shape index (κ2) is 5.65. The van der Waals surface area contributed by atoms with Crippen molar-refractivity contribution < 1.29 is 4.74 Å². The number of aryl methyl sites for hydroxylation is 2. The molecule has 1 aromatic carbocycles. The highest BCUT2D eigenvalue weighted by molar-refractivity contribution is 7.10. The van der Waals surface area contributed by atoms with Gasteiger partial charge in [0.05, 0.1) is 11.6 Å². The number of nitrogens with one attached hydrogen (secondary N) is 1. The molecule has 0 radical (unpaired) electrons. The number of hydrogen-bond donors (Lipinski definition) is 2. The Balaban J connectivity index is 2.19. The van der Waals surface area contributed by atoms with Gasteiger partial charge in [0.25, 0.3) is 0 Å². The van der Waals surface area contributed by atoms with E-state index in [1.807, 2.05) is 13.8 Å². The highest BCUT2D eigenvalue weighted by Gasteiger charge is 2.11. The largest absolute Gasteiger partial charge is 0.487 e. The molecule has 0 aliphatic rings. The zero-order chi connectivity index (χ0) is 13.8. The first-order valence-corrected chi connectivity index (χ1v) is 6.35. The molecule has 0 aliphatic carbocycles. The smallest absolute Gasteiger partial charge is 0.150 e. The quantitative estimate of drug-likeness (QED) is 0.653. The van der Waals surface area contributed by atoms with Crippen LogP contribution in [0, 0.1) is 25.2 Å². The van der Waals surface area contributed by atoms with Crippen LogP contribution < -0.4 is 16.0 Å². The monoisotopic (exact) mass is 275 g/mol. The molecule has 0 bridgehead atoms. The van der Waals surface area contributed by atoms with Crippen LogP contribution in [0.5, 0.6) is 5.75 Å². The third-order valence-electron chi connectivity index (χ3n) is 2.63. The lowest BCUT2D eigenvalue weighted by Gasteiger charge is -2.11. The molecule has 0 spiro atoms. The van der Waals surface area contributed by atoms with Crippen LogP contribution in [0.3, 0.4) is 0 Å². The Kier molecular flexibility index (Phi) is 3.94. The van der Waals surface area contributed by atoms with Crippen molar-refractivity contribution in [1.82, 2.24) is 9.59 Å². The van der Waals surface area contributed by atoms with Gasteiger partial charge in [-0.15, -0.1) is 5.10 Å². The molecule has 0 saturated carbocycles. The summed E-state index contributed by atoms with van der Waals surface area (Å²) in [6, 6.07) is 5.71. The lowest BCUT2D eigenvalue weighted by Crippen LogP contribution is -2.09. The van der Waals surface area contributed by atoms with Gasteiger partial charge in [-0.05, 0) is 37.1 Å². The first-order chi connectivity index (χ1) is 9.15. The minimum atomic E-state index is 0.281. The fourth-order valence-corrected chi connectivity index (χ4v) is 2.27. The number of nitriles is 1. The van der Waals surface area contributed by atoms with Gasteiger partial charge < -0.3 is 10.2 Å². The maximum atomic E-state index is 8.90. The van der Waals surface area contributed by atoms with Crippen LogP contribution in [0.4, 0.5) is 5.00 Å². The predicted molar refractivity (Wildman–Crippen MR) is 72.7 cm³/mol. The van der Waals surface area contributed by atoms with E-state index >= 15 is 0 Å². The molecule has 0 unspecified atom stereocenters. The average Bonchev–Trinajstić information content (AvgIpc) is 2.85. The highest BCUT2D eigenvalue weighted by atomic mass is 32.1. The van der Waals surface area contributed by atoms with Gasteiger partial charge in [0.1, 0.15) is 18.1 Å². The zero-order valence-corrected chi connectivity index (χ0v) is 11.4. The summed E-state index contributed by atoms with van der Waals surface area (Å²) in [7, 11) is 0. The number of hydrazine groups is 1. The number of ether oxygens (including phenoxy) is 1. The van der Waals surface area contributed by atoms with Crippen LogP contribution >= 0.6 is 11.5 Å². The van der Waals surface area contributed by atoms with Crippen molar-refractivity contribution >= 4 is 16.5 Å². The van der Waals surface area contributed by atoms with Gasteiger partial charge in [-0.3, -0.25) is 0 Å². The van der Waals surface area contributed by atoms with Crippen molar-refractivity contribution in [2.45, 2.75) is 20.5 Å². The average molecular weight is 275 g/mol. The van der Waals surface area contributed by atoms with E-state index in [0.717, 1.165) is 16.9 Å². The third-order valence-corrected chi connectivity index (χ3v) is 3.33. The summed E-state index contributed by atoms with van der Waals surface area (Å²) in [5, 5.41) is 13.5. The van der Waals surface area contributed by atoms with Gasteiger partial charge in [-0.1, -0.05) is 4.49 Å². The fraction of sp³-hybridized carbons (Fsp3) is 0.250. The van der Waals surface area contributed by atoms with Gasteiger partial charge in [0.15, 0.2) is 5.00 Å². The molecule has 1 aromatic heterocycles. The number of nitrogens with zero attached hydrogens (tertiary/aromatic N) is 3. The highest BCUT2D eigenvalue weighted by Crippen LogP contribution is 2.26. The molecular weight excluding hydrogens is 262 g/mol. The van der Waals surface area contributed by atoms with Crippen LogP contribution in [0.25, 0.3) is 0 Å². The number of nitrogens with two attached hydrogens (primary N) is 1. The topological polar surface area (TPSA) is 96.8 Å². The maximum absolute atomic E-state index is 8.90. The number of anilines is 1. The molecule has 0 fully saturated rings. The van der Waals surface area contributed by atoms with E-state index in [1.54, 1.807) is 12.1 Å². The lowest BCUT2D eigenvalue weighted by molar-refractivity contribution is 0.297. The summed E-state index contributed by atoms with van der Waals surface area (Å²) in [4.78, 5) is 0. The number of aromatic nitrogens is 2.